The number of nitrogens with one attached hydrogen (secondary N) is 1. The predicted molar refractivity (Wildman–Crippen MR) is 76.5 cm³/mol. The van der Waals surface area contributed by atoms with Gasteiger partial charge in [0.2, 0.25) is 15.9 Å². The highest BCUT2D eigenvalue weighted by Gasteiger charge is 2.43. The summed E-state index contributed by atoms with van der Waals surface area (Å²) >= 11 is 0. The van der Waals surface area contributed by atoms with Crippen molar-refractivity contribution in [2.24, 2.45) is 23.7 Å². The van der Waals surface area contributed by atoms with Gasteiger partial charge in [-0.1, -0.05) is 6.42 Å². The van der Waals surface area contributed by atoms with Crippen LogP contribution in [0.4, 0.5) is 0 Å². The highest BCUT2D eigenvalue weighted by Crippen LogP contribution is 2.48. The van der Waals surface area contributed by atoms with E-state index in [1.807, 2.05) is 0 Å². The van der Waals surface area contributed by atoms with Gasteiger partial charge in [-0.25, -0.2) is 12.7 Å². The number of fused-ring (bicyclic) bond motifs is 2. The molecule has 0 aromatic carbocycles. The predicted octanol–water partition coefficient (Wildman–Crippen LogP) is 0.820. The van der Waals surface area contributed by atoms with Crippen molar-refractivity contribution in [3.8, 4) is 0 Å². The molecule has 114 valence electrons. The molecule has 0 aromatic rings. The summed E-state index contributed by atoms with van der Waals surface area (Å²) in [7, 11) is -1.58. The van der Waals surface area contributed by atoms with Gasteiger partial charge in [-0.05, 0) is 43.4 Å². The average Bonchev–Trinajstić information content (AvgIpc) is 3.12. The SMILES string of the molecule is CNC(=O)C1CCN(S(=O)(=O)CC2CC3CCC2C3)C1. The van der Waals surface area contributed by atoms with E-state index in [1.54, 1.807) is 11.4 Å². The minimum Gasteiger partial charge on any atom is -0.359 e. The molecule has 3 rings (SSSR count). The number of nitrogens with zero attached hydrogens (tertiary/aromatic N) is 1. The molecule has 2 saturated carbocycles. The molecule has 2 bridgehead atoms. The van der Waals surface area contributed by atoms with Crippen LogP contribution in [0.2, 0.25) is 0 Å². The monoisotopic (exact) mass is 300 g/mol. The Morgan fingerprint density at radius 3 is 2.65 bits per heavy atom. The first-order valence-corrected chi connectivity index (χ1v) is 9.30. The Balaban J connectivity index is 1.60. The van der Waals surface area contributed by atoms with E-state index in [2.05, 4.69) is 5.32 Å². The summed E-state index contributed by atoms with van der Waals surface area (Å²) < 4.78 is 26.6. The first-order chi connectivity index (χ1) is 9.49. The molecule has 2 aliphatic carbocycles. The van der Waals surface area contributed by atoms with Gasteiger partial charge < -0.3 is 5.32 Å². The minimum atomic E-state index is -3.19. The average molecular weight is 300 g/mol. The molecule has 1 aliphatic heterocycles. The molecule has 1 heterocycles. The summed E-state index contributed by atoms with van der Waals surface area (Å²) in [6.07, 6.45) is 5.49. The molecule has 1 amide bonds. The Labute approximate surface area is 121 Å². The lowest BCUT2D eigenvalue weighted by atomic mass is 9.90. The van der Waals surface area contributed by atoms with Crippen molar-refractivity contribution < 1.29 is 13.2 Å². The van der Waals surface area contributed by atoms with Gasteiger partial charge in [0, 0.05) is 20.1 Å². The lowest BCUT2D eigenvalue weighted by molar-refractivity contribution is -0.123. The van der Waals surface area contributed by atoms with Gasteiger partial charge in [0.05, 0.1) is 11.7 Å². The van der Waals surface area contributed by atoms with Gasteiger partial charge in [-0.3, -0.25) is 4.79 Å². The van der Waals surface area contributed by atoms with E-state index < -0.39 is 10.0 Å². The highest BCUT2D eigenvalue weighted by molar-refractivity contribution is 7.89. The topological polar surface area (TPSA) is 66.5 Å². The van der Waals surface area contributed by atoms with E-state index in [4.69, 9.17) is 0 Å². The van der Waals surface area contributed by atoms with E-state index in [1.165, 1.54) is 19.3 Å². The fourth-order valence-electron chi connectivity index (χ4n) is 4.36. The summed E-state index contributed by atoms with van der Waals surface area (Å²) in [5.74, 6) is 1.86. The van der Waals surface area contributed by atoms with Crippen molar-refractivity contribution in [1.29, 1.82) is 0 Å². The van der Waals surface area contributed by atoms with Crippen LogP contribution in [0.25, 0.3) is 0 Å². The quantitative estimate of drug-likeness (QED) is 0.836. The highest BCUT2D eigenvalue weighted by atomic mass is 32.2. The van der Waals surface area contributed by atoms with Crippen LogP contribution in [0.1, 0.15) is 32.1 Å². The zero-order chi connectivity index (χ0) is 14.3. The van der Waals surface area contributed by atoms with Crippen molar-refractivity contribution in [3.05, 3.63) is 0 Å². The van der Waals surface area contributed by atoms with Crippen molar-refractivity contribution in [2.75, 3.05) is 25.9 Å². The molecule has 0 radical (unpaired) electrons. The lowest BCUT2D eigenvalue weighted by Gasteiger charge is -2.24. The largest absolute Gasteiger partial charge is 0.359 e. The summed E-state index contributed by atoms with van der Waals surface area (Å²) in [5.41, 5.74) is 0. The number of rotatable bonds is 4. The molecule has 6 heteroatoms. The molecule has 0 aromatic heterocycles. The lowest BCUT2D eigenvalue weighted by Crippen LogP contribution is -2.36. The fraction of sp³-hybridized carbons (Fsp3) is 0.929. The van der Waals surface area contributed by atoms with Crippen molar-refractivity contribution in [1.82, 2.24) is 9.62 Å². The van der Waals surface area contributed by atoms with Crippen LogP contribution in [0.3, 0.4) is 0 Å². The fourth-order valence-corrected chi connectivity index (χ4v) is 6.31. The molecular formula is C14H24N2O3S. The number of carbonyl (C=O) groups excluding carboxylic acids is 1. The van der Waals surface area contributed by atoms with Gasteiger partial charge in [-0.2, -0.15) is 0 Å². The van der Waals surface area contributed by atoms with E-state index in [-0.39, 0.29) is 11.8 Å². The van der Waals surface area contributed by atoms with E-state index >= 15 is 0 Å². The third kappa shape index (κ3) is 2.60. The van der Waals surface area contributed by atoms with Crippen LogP contribution >= 0.6 is 0 Å². The minimum absolute atomic E-state index is 0.0392. The zero-order valence-electron chi connectivity index (χ0n) is 12.0. The number of amides is 1. The summed E-state index contributed by atoms with van der Waals surface area (Å²) in [6.45, 7) is 0.865. The maximum absolute atomic E-state index is 12.5. The molecule has 3 fully saturated rings. The Kier molecular flexibility index (Phi) is 3.79. The van der Waals surface area contributed by atoms with Gasteiger partial charge in [0.25, 0.3) is 0 Å². The molecular weight excluding hydrogens is 276 g/mol. The maximum atomic E-state index is 12.5. The normalized spacial score (nSPS) is 37.5. The Morgan fingerprint density at radius 1 is 1.25 bits per heavy atom. The van der Waals surface area contributed by atoms with Crippen LogP contribution in [0.15, 0.2) is 0 Å². The molecule has 0 spiro atoms. The van der Waals surface area contributed by atoms with E-state index in [0.717, 1.165) is 12.3 Å². The molecule has 4 atom stereocenters. The molecule has 4 unspecified atom stereocenters. The van der Waals surface area contributed by atoms with Crippen molar-refractivity contribution in [3.63, 3.8) is 0 Å². The van der Waals surface area contributed by atoms with Crippen LogP contribution in [-0.4, -0.2) is 44.5 Å². The Hall–Kier alpha value is -0.620. The third-order valence-electron chi connectivity index (χ3n) is 5.47. The molecule has 5 nitrogen and oxygen atoms in total. The van der Waals surface area contributed by atoms with Crippen LogP contribution in [0, 0.1) is 23.7 Å². The Morgan fingerprint density at radius 2 is 2.05 bits per heavy atom. The zero-order valence-corrected chi connectivity index (χ0v) is 12.9. The molecule has 1 N–H and O–H groups in total. The number of hydrogen-bond donors (Lipinski definition) is 1. The second-order valence-corrected chi connectivity index (χ2v) is 8.68. The van der Waals surface area contributed by atoms with Gasteiger partial charge >= 0.3 is 0 Å². The van der Waals surface area contributed by atoms with Crippen LogP contribution < -0.4 is 5.32 Å². The third-order valence-corrected chi connectivity index (χ3v) is 7.44. The molecule has 20 heavy (non-hydrogen) atoms. The smallest absolute Gasteiger partial charge is 0.224 e. The van der Waals surface area contributed by atoms with Crippen molar-refractivity contribution in [2.45, 2.75) is 32.1 Å². The standard InChI is InChI=1S/C14H24N2O3S/c1-15-14(17)12-4-5-16(8-12)20(18,19)9-13-7-10-2-3-11(13)6-10/h10-13H,2-9H2,1H3,(H,15,17). The molecule has 1 saturated heterocycles. The van der Waals surface area contributed by atoms with Gasteiger partial charge in [-0.15, -0.1) is 0 Å². The second-order valence-electron chi connectivity index (χ2n) is 6.67. The first-order valence-electron chi connectivity index (χ1n) is 7.69. The maximum Gasteiger partial charge on any atom is 0.224 e. The molecule has 3 aliphatic rings. The van der Waals surface area contributed by atoms with Crippen LogP contribution in [-0.2, 0) is 14.8 Å². The number of carbonyl (C=O) groups is 1. The number of hydrogen-bond acceptors (Lipinski definition) is 3. The van der Waals surface area contributed by atoms with Crippen LogP contribution in [0.5, 0.6) is 0 Å². The van der Waals surface area contributed by atoms with E-state index in [9.17, 15) is 13.2 Å². The number of sulfonamides is 1. The summed E-state index contributed by atoms with van der Waals surface area (Å²) in [6, 6.07) is 0. The first kappa shape index (κ1) is 14.3. The Bertz CT molecular complexity index is 491. The van der Waals surface area contributed by atoms with E-state index in [0.29, 0.717) is 37.1 Å². The second kappa shape index (κ2) is 5.30. The summed E-state index contributed by atoms with van der Waals surface area (Å²) in [4.78, 5) is 11.6. The van der Waals surface area contributed by atoms with Gasteiger partial charge in [0.1, 0.15) is 0 Å². The van der Waals surface area contributed by atoms with Gasteiger partial charge in [0.15, 0.2) is 0 Å². The summed E-state index contributed by atoms with van der Waals surface area (Å²) in [5, 5.41) is 2.61. The van der Waals surface area contributed by atoms with Crippen molar-refractivity contribution >= 4 is 15.9 Å².